The summed E-state index contributed by atoms with van der Waals surface area (Å²) < 4.78 is 10.3. The fourth-order valence-corrected chi connectivity index (χ4v) is 2.93. The van der Waals surface area contributed by atoms with Crippen LogP contribution in [0.25, 0.3) is 0 Å². The Hall–Kier alpha value is -1.89. The zero-order valence-electron chi connectivity index (χ0n) is 15.9. The molecule has 6 nitrogen and oxygen atoms in total. The van der Waals surface area contributed by atoms with E-state index in [9.17, 15) is 14.4 Å². The van der Waals surface area contributed by atoms with E-state index >= 15 is 0 Å². The molecule has 0 aliphatic rings. The molecule has 0 saturated heterocycles. The lowest BCUT2D eigenvalue weighted by atomic mass is 9.96. The van der Waals surface area contributed by atoms with E-state index in [1.165, 1.54) is 0 Å². The number of esters is 2. The van der Waals surface area contributed by atoms with Gasteiger partial charge in [0.1, 0.15) is 9.88 Å². The third kappa shape index (κ3) is 5.56. The number of hydrogen-bond donors (Lipinski definition) is 1. The summed E-state index contributed by atoms with van der Waals surface area (Å²) in [7, 11) is 0. The van der Waals surface area contributed by atoms with Crippen molar-refractivity contribution in [2.45, 2.75) is 48.5 Å². The molecule has 0 fully saturated rings. The average Bonchev–Trinajstić information content (AvgIpc) is 2.80. The van der Waals surface area contributed by atoms with Crippen LogP contribution in [-0.2, 0) is 14.3 Å². The Morgan fingerprint density at radius 3 is 2.20 bits per heavy atom. The summed E-state index contributed by atoms with van der Waals surface area (Å²) in [5.41, 5.74) is 0.0321. The SMILES string of the molecule is CCOC(=O)c1c(NC(=O)C(C)(C)C)sc(C(=O)OCC(C)C)c1C. The quantitative estimate of drug-likeness (QED) is 0.766. The Morgan fingerprint density at radius 2 is 1.72 bits per heavy atom. The van der Waals surface area contributed by atoms with Crippen LogP contribution in [-0.4, -0.2) is 31.1 Å². The number of carbonyl (C=O) groups excluding carboxylic acids is 3. The van der Waals surface area contributed by atoms with Gasteiger partial charge in [-0.15, -0.1) is 11.3 Å². The molecule has 1 amide bonds. The van der Waals surface area contributed by atoms with E-state index in [0.717, 1.165) is 11.3 Å². The van der Waals surface area contributed by atoms with E-state index in [1.54, 1.807) is 34.6 Å². The van der Waals surface area contributed by atoms with Crippen molar-refractivity contribution in [2.24, 2.45) is 11.3 Å². The van der Waals surface area contributed by atoms with Crippen LogP contribution in [0, 0.1) is 18.3 Å². The third-order valence-electron chi connectivity index (χ3n) is 3.27. The number of nitrogens with one attached hydrogen (secondary N) is 1. The maximum absolute atomic E-state index is 12.3. The summed E-state index contributed by atoms with van der Waals surface area (Å²) in [5.74, 6) is -1.11. The van der Waals surface area contributed by atoms with Gasteiger partial charge < -0.3 is 14.8 Å². The first-order chi connectivity index (χ1) is 11.5. The van der Waals surface area contributed by atoms with Crippen LogP contribution in [0.15, 0.2) is 0 Å². The van der Waals surface area contributed by atoms with E-state index in [2.05, 4.69) is 5.32 Å². The molecule has 7 heteroatoms. The molecule has 0 aliphatic heterocycles. The molecule has 0 saturated carbocycles. The second-order valence-electron chi connectivity index (χ2n) is 7.18. The highest BCUT2D eigenvalue weighted by atomic mass is 32.1. The van der Waals surface area contributed by atoms with Gasteiger partial charge in [0.2, 0.25) is 5.91 Å². The van der Waals surface area contributed by atoms with Gasteiger partial charge in [0, 0.05) is 5.41 Å². The van der Waals surface area contributed by atoms with Gasteiger partial charge in [-0.25, -0.2) is 9.59 Å². The number of carbonyl (C=O) groups is 3. The number of ether oxygens (including phenoxy) is 2. The summed E-state index contributed by atoms with van der Waals surface area (Å²) in [4.78, 5) is 37.2. The summed E-state index contributed by atoms with van der Waals surface area (Å²) in [6.07, 6.45) is 0. The minimum atomic E-state index is -0.637. The van der Waals surface area contributed by atoms with Crippen molar-refractivity contribution in [1.82, 2.24) is 0 Å². The van der Waals surface area contributed by atoms with Crippen LogP contribution in [0.5, 0.6) is 0 Å². The Kier molecular flexibility index (Phi) is 7.17. The Bertz CT molecular complexity index is 655. The number of amides is 1. The minimum absolute atomic E-state index is 0.202. The number of anilines is 1. The topological polar surface area (TPSA) is 81.7 Å². The van der Waals surface area contributed by atoms with Gasteiger partial charge in [0.15, 0.2) is 0 Å². The minimum Gasteiger partial charge on any atom is -0.462 e. The molecule has 0 aliphatic carbocycles. The lowest BCUT2D eigenvalue weighted by Gasteiger charge is -2.17. The molecule has 140 valence electrons. The van der Waals surface area contributed by atoms with Crippen molar-refractivity contribution < 1.29 is 23.9 Å². The molecule has 0 bridgehead atoms. The summed E-state index contributed by atoms with van der Waals surface area (Å²) in [5, 5.41) is 3.05. The Morgan fingerprint density at radius 1 is 1.12 bits per heavy atom. The van der Waals surface area contributed by atoms with Gasteiger partial charge in [-0.2, -0.15) is 0 Å². The van der Waals surface area contributed by atoms with Gasteiger partial charge in [0.05, 0.1) is 18.8 Å². The lowest BCUT2D eigenvalue weighted by molar-refractivity contribution is -0.123. The number of thiophene rings is 1. The smallest absolute Gasteiger partial charge is 0.348 e. The van der Waals surface area contributed by atoms with Gasteiger partial charge in [0.25, 0.3) is 0 Å². The average molecular weight is 369 g/mol. The lowest BCUT2D eigenvalue weighted by Crippen LogP contribution is -2.28. The first-order valence-corrected chi connectivity index (χ1v) is 9.09. The third-order valence-corrected chi connectivity index (χ3v) is 4.46. The fourth-order valence-electron chi connectivity index (χ4n) is 1.84. The molecule has 1 aromatic heterocycles. The van der Waals surface area contributed by atoms with Crippen molar-refractivity contribution in [3.05, 3.63) is 16.0 Å². The molecule has 1 aromatic rings. The van der Waals surface area contributed by atoms with Crippen LogP contribution in [0.4, 0.5) is 5.00 Å². The largest absolute Gasteiger partial charge is 0.462 e. The predicted octanol–water partition coefficient (Wildman–Crippen LogP) is 4.03. The highest BCUT2D eigenvalue weighted by Crippen LogP contribution is 2.35. The summed E-state index contributed by atoms with van der Waals surface area (Å²) in [6.45, 7) is 13.0. The molecule has 0 unspecified atom stereocenters. The van der Waals surface area contributed by atoms with Crippen molar-refractivity contribution >= 4 is 34.2 Å². The molecule has 0 spiro atoms. The molecule has 0 atom stereocenters. The van der Waals surface area contributed by atoms with Crippen molar-refractivity contribution in [3.63, 3.8) is 0 Å². The standard InChI is InChI=1S/C18H27NO5S/c1-8-23-15(20)12-11(4)13(16(21)24-9-10(2)3)25-14(12)19-17(22)18(5,6)7/h10H,8-9H2,1-7H3,(H,19,22). The van der Waals surface area contributed by atoms with E-state index in [0.29, 0.717) is 15.4 Å². The van der Waals surface area contributed by atoms with Gasteiger partial charge in [-0.1, -0.05) is 34.6 Å². The fraction of sp³-hybridized carbons (Fsp3) is 0.611. The molecule has 1 N–H and O–H groups in total. The molecule has 25 heavy (non-hydrogen) atoms. The van der Waals surface area contributed by atoms with E-state index < -0.39 is 17.4 Å². The first kappa shape index (κ1) is 21.2. The van der Waals surface area contributed by atoms with Crippen molar-refractivity contribution in [3.8, 4) is 0 Å². The maximum Gasteiger partial charge on any atom is 0.348 e. The first-order valence-electron chi connectivity index (χ1n) is 8.28. The predicted molar refractivity (Wildman–Crippen MR) is 98.2 cm³/mol. The zero-order valence-corrected chi connectivity index (χ0v) is 16.8. The van der Waals surface area contributed by atoms with Gasteiger partial charge in [-0.05, 0) is 25.3 Å². The van der Waals surface area contributed by atoms with Crippen LogP contribution >= 0.6 is 11.3 Å². The van der Waals surface area contributed by atoms with E-state index in [4.69, 9.17) is 9.47 Å². The van der Waals surface area contributed by atoms with Gasteiger partial charge in [-0.3, -0.25) is 4.79 Å². The van der Waals surface area contributed by atoms with Crippen LogP contribution < -0.4 is 5.32 Å². The summed E-state index contributed by atoms with van der Waals surface area (Å²) in [6, 6.07) is 0. The molecular formula is C18H27NO5S. The second kappa shape index (κ2) is 8.47. The Labute approximate surface area is 152 Å². The van der Waals surface area contributed by atoms with Crippen LogP contribution in [0.3, 0.4) is 0 Å². The monoisotopic (exact) mass is 369 g/mol. The van der Waals surface area contributed by atoms with Crippen LogP contribution in [0.2, 0.25) is 0 Å². The van der Waals surface area contributed by atoms with E-state index in [-0.39, 0.29) is 30.6 Å². The molecule has 0 aromatic carbocycles. The maximum atomic E-state index is 12.3. The highest BCUT2D eigenvalue weighted by Gasteiger charge is 2.30. The normalized spacial score (nSPS) is 11.4. The van der Waals surface area contributed by atoms with Crippen LogP contribution in [0.1, 0.15) is 67.1 Å². The van der Waals surface area contributed by atoms with E-state index in [1.807, 2.05) is 13.8 Å². The molecule has 1 rings (SSSR count). The molecule has 1 heterocycles. The van der Waals surface area contributed by atoms with Crippen molar-refractivity contribution in [1.29, 1.82) is 0 Å². The van der Waals surface area contributed by atoms with Crippen molar-refractivity contribution in [2.75, 3.05) is 18.5 Å². The zero-order chi connectivity index (χ0) is 19.4. The number of hydrogen-bond acceptors (Lipinski definition) is 6. The summed E-state index contributed by atoms with van der Waals surface area (Å²) >= 11 is 1.04. The van der Waals surface area contributed by atoms with Gasteiger partial charge >= 0.3 is 11.9 Å². The molecular weight excluding hydrogens is 342 g/mol. The molecule has 0 radical (unpaired) electrons. The Balaban J connectivity index is 3.25. The second-order valence-corrected chi connectivity index (χ2v) is 8.20. The number of rotatable bonds is 6. The highest BCUT2D eigenvalue weighted by molar-refractivity contribution is 7.18.